The van der Waals surface area contributed by atoms with E-state index in [1.807, 2.05) is 29.6 Å². The highest BCUT2D eigenvalue weighted by atomic mass is 32.1. The van der Waals surface area contributed by atoms with Crippen LogP contribution >= 0.6 is 11.3 Å². The van der Waals surface area contributed by atoms with Crippen LogP contribution < -0.4 is 10.1 Å². The predicted molar refractivity (Wildman–Crippen MR) is 91.7 cm³/mol. The quantitative estimate of drug-likeness (QED) is 0.721. The van der Waals surface area contributed by atoms with Gasteiger partial charge in [0.05, 0.1) is 6.10 Å². The first-order valence-corrected chi connectivity index (χ1v) is 8.31. The summed E-state index contributed by atoms with van der Waals surface area (Å²) in [6.45, 7) is -0.238. The van der Waals surface area contributed by atoms with Crippen molar-refractivity contribution in [1.82, 2.24) is 5.32 Å². The summed E-state index contributed by atoms with van der Waals surface area (Å²) in [5.41, 5.74) is 0.783. The van der Waals surface area contributed by atoms with Crippen LogP contribution in [0, 0.1) is 5.82 Å². The van der Waals surface area contributed by atoms with Crippen molar-refractivity contribution in [3.8, 4) is 5.75 Å². The lowest BCUT2D eigenvalue weighted by Crippen LogP contribution is -2.32. The number of fused-ring (bicyclic) bond motifs is 1. The maximum Gasteiger partial charge on any atom is 0.258 e. The van der Waals surface area contributed by atoms with E-state index in [0.717, 1.165) is 15.6 Å². The second kappa shape index (κ2) is 7.42. The molecular weight excluding hydrogens is 329 g/mol. The number of amides is 1. The second-order valence-corrected chi connectivity index (χ2v) is 6.14. The highest BCUT2D eigenvalue weighted by Gasteiger charge is 2.14. The maximum absolute atomic E-state index is 13.4. The molecule has 0 aliphatic rings. The molecule has 0 radical (unpaired) electrons. The van der Waals surface area contributed by atoms with Crippen LogP contribution in [0.5, 0.6) is 5.75 Å². The molecule has 1 aromatic heterocycles. The van der Waals surface area contributed by atoms with Crippen LogP contribution in [-0.2, 0) is 4.79 Å². The fourth-order valence-electron chi connectivity index (χ4n) is 2.33. The van der Waals surface area contributed by atoms with Crippen molar-refractivity contribution in [3.63, 3.8) is 0 Å². The molecule has 3 rings (SSSR count). The minimum Gasteiger partial charge on any atom is -0.481 e. The molecule has 0 saturated heterocycles. The van der Waals surface area contributed by atoms with Gasteiger partial charge in [-0.2, -0.15) is 0 Å². The summed E-state index contributed by atoms with van der Waals surface area (Å²) in [4.78, 5) is 11.8. The number of aliphatic hydroxyl groups excluding tert-OH is 1. The minimum atomic E-state index is -0.807. The zero-order valence-electron chi connectivity index (χ0n) is 12.7. The lowest BCUT2D eigenvalue weighted by atomic mass is 10.1. The number of halogens is 1. The Morgan fingerprint density at radius 3 is 2.79 bits per heavy atom. The number of thiophene rings is 1. The van der Waals surface area contributed by atoms with Crippen molar-refractivity contribution in [3.05, 3.63) is 65.3 Å². The van der Waals surface area contributed by atoms with Crippen LogP contribution in [0.2, 0.25) is 0 Å². The van der Waals surface area contributed by atoms with Crippen molar-refractivity contribution in [2.24, 2.45) is 0 Å². The fraction of sp³-hybridized carbons (Fsp3) is 0.167. The zero-order chi connectivity index (χ0) is 16.9. The SMILES string of the molecule is O=C(COc1ccccc1F)NC[C@H](O)c1csc2ccccc12. The van der Waals surface area contributed by atoms with Gasteiger partial charge in [-0.3, -0.25) is 4.79 Å². The molecule has 0 saturated carbocycles. The van der Waals surface area contributed by atoms with E-state index in [0.29, 0.717) is 0 Å². The van der Waals surface area contributed by atoms with Crippen LogP contribution in [0.25, 0.3) is 10.1 Å². The number of carbonyl (C=O) groups excluding carboxylic acids is 1. The van der Waals surface area contributed by atoms with Gasteiger partial charge in [-0.1, -0.05) is 30.3 Å². The number of rotatable bonds is 6. The summed E-state index contributed by atoms with van der Waals surface area (Å²) >= 11 is 1.55. The summed E-state index contributed by atoms with van der Waals surface area (Å²) in [7, 11) is 0. The van der Waals surface area contributed by atoms with E-state index in [-0.39, 0.29) is 18.9 Å². The molecule has 24 heavy (non-hydrogen) atoms. The first-order valence-electron chi connectivity index (χ1n) is 7.43. The summed E-state index contributed by atoms with van der Waals surface area (Å²) in [6.07, 6.45) is -0.807. The van der Waals surface area contributed by atoms with Crippen LogP contribution in [0.15, 0.2) is 53.9 Å². The van der Waals surface area contributed by atoms with Gasteiger partial charge < -0.3 is 15.2 Å². The molecule has 1 heterocycles. The highest BCUT2D eigenvalue weighted by Crippen LogP contribution is 2.29. The first kappa shape index (κ1) is 16.4. The summed E-state index contributed by atoms with van der Waals surface area (Å²) in [6, 6.07) is 13.7. The molecule has 6 heteroatoms. The Bertz CT molecular complexity index is 849. The molecule has 1 atom stereocenters. The lowest BCUT2D eigenvalue weighted by molar-refractivity contribution is -0.123. The number of ether oxygens (including phenoxy) is 1. The number of aliphatic hydroxyl groups is 1. The third-order valence-corrected chi connectivity index (χ3v) is 4.54. The number of hydrogen-bond donors (Lipinski definition) is 2. The number of para-hydroxylation sites is 1. The van der Waals surface area contributed by atoms with Crippen molar-refractivity contribution >= 4 is 27.3 Å². The summed E-state index contributed by atoms with van der Waals surface area (Å²) in [5, 5.41) is 15.7. The van der Waals surface area contributed by atoms with Gasteiger partial charge in [0.25, 0.3) is 5.91 Å². The molecule has 3 aromatic rings. The summed E-state index contributed by atoms with van der Waals surface area (Å²) < 4.78 is 19.6. The van der Waals surface area contributed by atoms with Gasteiger partial charge >= 0.3 is 0 Å². The molecular formula is C18H16FNO3S. The van der Waals surface area contributed by atoms with E-state index < -0.39 is 17.8 Å². The Kier molecular flexibility index (Phi) is 5.08. The number of nitrogens with one attached hydrogen (secondary N) is 1. The van der Waals surface area contributed by atoms with Crippen molar-refractivity contribution in [1.29, 1.82) is 0 Å². The molecule has 0 bridgehead atoms. The van der Waals surface area contributed by atoms with Crippen LogP contribution in [0.3, 0.4) is 0 Å². The number of hydrogen-bond acceptors (Lipinski definition) is 4. The third kappa shape index (κ3) is 3.72. The van der Waals surface area contributed by atoms with E-state index in [4.69, 9.17) is 4.74 Å². The van der Waals surface area contributed by atoms with E-state index >= 15 is 0 Å². The molecule has 124 valence electrons. The van der Waals surface area contributed by atoms with E-state index in [1.54, 1.807) is 23.5 Å². The Labute approximate surface area is 142 Å². The smallest absolute Gasteiger partial charge is 0.258 e. The molecule has 1 amide bonds. The van der Waals surface area contributed by atoms with Gasteiger partial charge in [-0.15, -0.1) is 11.3 Å². The van der Waals surface area contributed by atoms with E-state index in [1.165, 1.54) is 12.1 Å². The van der Waals surface area contributed by atoms with Gasteiger partial charge in [-0.25, -0.2) is 4.39 Å². The van der Waals surface area contributed by atoms with Gasteiger partial charge in [0.15, 0.2) is 18.2 Å². The predicted octanol–water partition coefficient (Wildman–Crippen LogP) is 3.27. The summed E-state index contributed by atoms with van der Waals surface area (Å²) in [5.74, 6) is -0.913. The minimum absolute atomic E-state index is 0.0250. The molecule has 0 aliphatic heterocycles. The first-order chi connectivity index (χ1) is 11.6. The van der Waals surface area contributed by atoms with E-state index in [9.17, 15) is 14.3 Å². The van der Waals surface area contributed by atoms with E-state index in [2.05, 4.69) is 5.32 Å². The van der Waals surface area contributed by atoms with Crippen LogP contribution in [0.4, 0.5) is 4.39 Å². The van der Waals surface area contributed by atoms with Gasteiger partial charge in [0, 0.05) is 16.8 Å². The zero-order valence-corrected chi connectivity index (χ0v) is 13.6. The van der Waals surface area contributed by atoms with Crippen molar-refractivity contribution in [2.75, 3.05) is 13.2 Å². The monoisotopic (exact) mass is 345 g/mol. The van der Waals surface area contributed by atoms with Gasteiger partial charge in [-0.05, 0) is 29.0 Å². The second-order valence-electron chi connectivity index (χ2n) is 5.23. The molecule has 0 aliphatic carbocycles. The molecule has 0 fully saturated rings. The Morgan fingerprint density at radius 2 is 1.96 bits per heavy atom. The van der Waals surface area contributed by atoms with Crippen molar-refractivity contribution < 1.29 is 19.0 Å². The van der Waals surface area contributed by atoms with Crippen LogP contribution in [-0.4, -0.2) is 24.2 Å². The Morgan fingerprint density at radius 1 is 1.21 bits per heavy atom. The largest absolute Gasteiger partial charge is 0.481 e. The van der Waals surface area contributed by atoms with Crippen LogP contribution in [0.1, 0.15) is 11.7 Å². The van der Waals surface area contributed by atoms with Gasteiger partial charge in [0.1, 0.15) is 0 Å². The Balaban J connectivity index is 1.53. The van der Waals surface area contributed by atoms with Crippen molar-refractivity contribution in [2.45, 2.75) is 6.10 Å². The average Bonchev–Trinajstić information content (AvgIpc) is 3.03. The Hall–Kier alpha value is -2.44. The molecule has 4 nitrogen and oxygen atoms in total. The molecule has 0 spiro atoms. The standard InChI is InChI=1S/C18H16FNO3S/c19-14-6-2-3-7-16(14)23-10-18(22)20-9-15(21)13-11-24-17-8-4-1-5-12(13)17/h1-8,11,15,21H,9-10H2,(H,20,22)/t15-/m0/s1. The molecule has 2 N–H and O–H groups in total. The molecule has 0 unspecified atom stereocenters. The number of benzene rings is 2. The third-order valence-electron chi connectivity index (χ3n) is 3.56. The lowest BCUT2D eigenvalue weighted by Gasteiger charge is -2.12. The topological polar surface area (TPSA) is 58.6 Å². The fourth-order valence-corrected chi connectivity index (χ4v) is 3.34. The van der Waals surface area contributed by atoms with Gasteiger partial charge in [0.2, 0.25) is 0 Å². The molecule has 2 aromatic carbocycles. The average molecular weight is 345 g/mol. The maximum atomic E-state index is 13.4. The normalized spacial score (nSPS) is 12.1. The number of carbonyl (C=O) groups is 1. The highest BCUT2D eigenvalue weighted by molar-refractivity contribution is 7.17.